The van der Waals surface area contributed by atoms with Crippen molar-refractivity contribution in [1.29, 1.82) is 0 Å². The molecule has 1 saturated heterocycles. The van der Waals surface area contributed by atoms with E-state index in [1.165, 1.54) is 24.2 Å². The van der Waals surface area contributed by atoms with Gasteiger partial charge in [0.15, 0.2) is 17.6 Å². The monoisotopic (exact) mass is 499 g/mol. The van der Waals surface area contributed by atoms with Crippen molar-refractivity contribution >= 4 is 40.4 Å². The standard InChI is InChI=1S/C24H29N5O5S/c1-24(2,3)22-26-19(34-28-22)14-33-21(32)15-8-7-9-16(12-15)25-18(30)13-17-20(31)27-23(35-17)29-10-5-4-6-11-29/h7-9,12,17H,4-6,10-11,13-14H2,1-3H3,(H,25,30). The van der Waals surface area contributed by atoms with Crippen molar-refractivity contribution in [1.82, 2.24) is 15.0 Å². The zero-order valence-electron chi connectivity index (χ0n) is 20.1. The fourth-order valence-corrected chi connectivity index (χ4v) is 4.78. The fourth-order valence-electron chi connectivity index (χ4n) is 3.66. The van der Waals surface area contributed by atoms with Crippen LogP contribution in [0.4, 0.5) is 5.69 Å². The number of hydrogen-bond acceptors (Lipinski definition) is 9. The number of thioether (sulfide) groups is 1. The molecule has 10 nitrogen and oxygen atoms in total. The molecule has 1 unspecified atom stereocenters. The first kappa shape index (κ1) is 24.9. The number of aliphatic imine (C=N–C) groups is 1. The van der Waals surface area contributed by atoms with Gasteiger partial charge in [-0.25, -0.2) is 4.79 Å². The van der Waals surface area contributed by atoms with Gasteiger partial charge in [-0.3, -0.25) is 9.59 Å². The number of rotatable bonds is 6. The first-order chi connectivity index (χ1) is 16.7. The number of hydrogen-bond donors (Lipinski definition) is 1. The molecule has 4 rings (SSSR count). The predicted molar refractivity (Wildman–Crippen MR) is 131 cm³/mol. The van der Waals surface area contributed by atoms with E-state index in [4.69, 9.17) is 9.26 Å². The van der Waals surface area contributed by atoms with Gasteiger partial charge < -0.3 is 19.5 Å². The van der Waals surface area contributed by atoms with Crippen LogP contribution in [-0.4, -0.2) is 56.3 Å². The van der Waals surface area contributed by atoms with Crippen LogP contribution < -0.4 is 5.32 Å². The molecule has 2 amide bonds. The van der Waals surface area contributed by atoms with Gasteiger partial charge in [-0.15, -0.1) is 0 Å². The van der Waals surface area contributed by atoms with E-state index in [-0.39, 0.29) is 41.7 Å². The maximum Gasteiger partial charge on any atom is 0.338 e. The van der Waals surface area contributed by atoms with Crippen molar-refractivity contribution in [3.05, 3.63) is 41.5 Å². The zero-order chi connectivity index (χ0) is 25.0. The number of piperidine rings is 1. The Morgan fingerprint density at radius 1 is 1.23 bits per heavy atom. The molecule has 35 heavy (non-hydrogen) atoms. The summed E-state index contributed by atoms with van der Waals surface area (Å²) in [4.78, 5) is 47.9. The number of aromatic nitrogens is 2. The van der Waals surface area contributed by atoms with Crippen molar-refractivity contribution < 1.29 is 23.6 Å². The van der Waals surface area contributed by atoms with E-state index < -0.39 is 11.2 Å². The van der Waals surface area contributed by atoms with Gasteiger partial charge in [-0.2, -0.15) is 9.98 Å². The van der Waals surface area contributed by atoms with Crippen LogP contribution in [0, 0.1) is 0 Å². The molecule has 1 fully saturated rings. The summed E-state index contributed by atoms with van der Waals surface area (Å²) in [6.07, 6.45) is 3.37. The normalized spacial score (nSPS) is 18.4. The highest BCUT2D eigenvalue weighted by Gasteiger charge is 2.33. The number of benzene rings is 1. The Bertz CT molecular complexity index is 1130. The molecule has 1 aromatic heterocycles. The molecule has 0 saturated carbocycles. The van der Waals surface area contributed by atoms with Crippen LogP contribution in [0.15, 0.2) is 33.8 Å². The van der Waals surface area contributed by atoms with Gasteiger partial charge in [0, 0.05) is 30.6 Å². The molecule has 0 bridgehead atoms. The van der Waals surface area contributed by atoms with Gasteiger partial charge in [-0.05, 0) is 37.5 Å². The quantitative estimate of drug-likeness (QED) is 0.594. The second-order valence-electron chi connectivity index (χ2n) is 9.56. The number of nitrogens with one attached hydrogen (secondary N) is 1. The van der Waals surface area contributed by atoms with E-state index in [0.29, 0.717) is 16.7 Å². The number of amidine groups is 1. The van der Waals surface area contributed by atoms with Crippen LogP contribution in [0.25, 0.3) is 0 Å². The first-order valence-electron chi connectivity index (χ1n) is 11.6. The van der Waals surface area contributed by atoms with Gasteiger partial charge in [-0.1, -0.05) is 43.8 Å². The molecule has 3 heterocycles. The summed E-state index contributed by atoms with van der Waals surface area (Å²) < 4.78 is 10.4. The van der Waals surface area contributed by atoms with E-state index in [2.05, 4.69) is 25.3 Å². The third-order valence-corrected chi connectivity index (χ3v) is 6.79. The minimum atomic E-state index is -0.585. The lowest BCUT2D eigenvalue weighted by Gasteiger charge is -2.27. The van der Waals surface area contributed by atoms with Gasteiger partial charge >= 0.3 is 5.97 Å². The molecule has 1 aromatic carbocycles. The third-order valence-electron chi connectivity index (χ3n) is 5.57. The van der Waals surface area contributed by atoms with Crippen LogP contribution >= 0.6 is 11.8 Å². The maximum atomic E-state index is 12.6. The molecule has 11 heteroatoms. The molecule has 1 atom stereocenters. The maximum absolute atomic E-state index is 12.6. The molecular weight excluding hydrogens is 470 g/mol. The van der Waals surface area contributed by atoms with E-state index in [0.717, 1.165) is 25.9 Å². The highest BCUT2D eigenvalue weighted by molar-refractivity contribution is 8.15. The van der Waals surface area contributed by atoms with E-state index in [1.807, 2.05) is 20.8 Å². The second kappa shape index (κ2) is 10.6. The molecular formula is C24H29N5O5S. The highest BCUT2D eigenvalue weighted by atomic mass is 32.2. The second-order valence-corrected chi connectivity index (χ2v) is 10.7. The minimum Gasteiger partial charge on any atom is -0.452 e. The molecule has 186 valence electrons. The number of carbonyl (C=O) groups excluding carboxylic acids is 3. The number of likely N-dealkylation sites (tertiary alicyclic amines) is 1. The smallest absolute Gasteiger partial charge is 0.338 e. The van der Waals surface area contributed by atoms with Crippen LogP contribution in [0.2, 0.25) is 0 Å². The summed E-state index contributed by atoms with van der Waals surface area (Å²) in [5.74, 6) is -0.452. The zero-order valence-corrected chi connectivity index (χ0v) is 20.9. The predicted octanol–water partition coefficient (Wildman–Crippen LogP) is 3.54. The average molecular weight is 500 g/mol. The average Bonchev–Trinajstić information content (AvgIpc) is 3.45. The summed E-state index contributed by atoms with van der Waals surface area (Å²) in [5, 5.41) is 6.84. The summed E-state index contributed by atoms with van der Waals surface area (Å²) in [6.45, 7) is 7.50. The van der Waals surface area contributed by atoms with Crippen LogP contribution in [0.5, 0.6) is 0 Å². The van der Waals surface area contributed by atoms with Gasteiger partial charge in [0.1, 0.15) is 5.25 Å². The number of anilines is 1. The Kier molecular flexibility index (Phi) is 7.54. The van der Waals surface area contributed by atoms with Crippen LogP contribution in [0.3, 0.4) is 0 Å². The number of nitrogens with zero attached hydrogens (tertiary/aromatic N) is 4. The van der Waals surface area contributed by atoms with E-state index in [1.54, 1.807) is 18.2 Å². The summed E-state index contributed by atoms with van der Waals surface area (Å²) in [7, 11) is 0. The van der Waals surface area contributed by atoms with Crippen LogP contribution in [-0.2, 0) is 26.3 Å². The largest absolute Gasteiger partial charge is 0.452 e. The number of carbonyl (C=O) groups is 3. The molecule has 2 aromatic rings. The molecule has 2 aliphatic heterocycles. The number of esters is 1. The molecule has 0 radical (unpaired) electrons. The lowest BCUT2D eigenvalue weighted by molar-refractivity contribution is -0.121. The van der Waals surface area contributed by atoms with Crippen molar-refractivity contribution in [2.45, 2.75) is 63.7 Å². The van der Waals surface area contributed by atoms with Gasteiger partial charge in [0.2, 0.25) is 5.91 Å². The van der Waals surface area contributed by atoms with Crippen LogP contribution in [0.1, 0.15) is 68.5 Å². The Labute approximate surface area is 207 Å². The lowest BCUT2D eigenvalue weighted by Crippen LogP contribution is -2.33. The Balaban J connectivity index is 1.28. The SMILES string of the molecule is CC(C)(C)c1noc(COC(=O)c2cccc(NC(=O)CC3SC(N4CCCCC4)=NC3=O)c2)n1. The summed E-state index contributed by atoms with van der Waals surface area (Å²) in [6, 6.07) is 6.42. The van der Waals surface area contributed by atoms with E-state index in [9.17, 15) is 14.4 Å². The van der Waals surface area contributed by atoms with Crippen molar-refractivity contribution in [3.8, 4) is 0 Å². The Hall–Kier alpha value is -3.21. The van der Waals surface area contributed by atoms with Crippen molar-refractivity contribution in [2.75, 3.05) is 18.4 Å². The van der Waals surface area contributed by atoms with Gasteiger partial charge in [0.05, 0.1) is 5.56 Å². The fraction of sp³-hybridized carbons (Fsp3) is 0.500. The summed E-state index contributed by atoms with van der Waals surface area (Å²) in [5.41, 5.74) is 0.423. The third kappa shape index (κ3) is 6.47. The Morgan fingerprint density at radius 3 is 2.71 bits per heavy atom. The highest BCUT2D eigenvalue weighted by Crippen LogP contribution is 2.29. The lowest BCUT2D eigenvalue weighted by atomic mass is 9.96. The van der Waals surface area contributed by atoms with E-state index >= 15 is 0 Å². The molecule has 1 N–H and O–H groups in total. The number of amides is 2. The first-order valence-corrected chi connectivity index (χ1v) is 12.5. The topological polar surface area (TPSA) is 127 Å². The summed E-state index contributed by atoms with van der Waals surface area (Å²) >= 11 is 1.35. The molecule has 2 aliphatic rings. The van der Waals surface area contributed by atoms with Crippen molar-refractivity contribution in [3.63, 3.8) is 0 Å². The minimum absolute atomic E-state index is 0.00624. The Morgan fingerprint density at radius 2 is 2.00 bits per heavy atom. The van der Waals surface area contributed by atoms with Crippen molar-refractivity contribution in [2.24, 2.45) is 4.99 Å². The molecule has 0 aliphatic carbocycles. The molecule has 0 spiro atoms. The number of ether oxygens (including phenoxy) is 1. The van der Waals surface area contributed by atoms with Gasteiger partial charge in [0.25, 0.3) is 11.8 Å².